The van der Waals surface area contributed by atoms with Gasteiger partial charge < -0.3 is 0 Å². The second-order valence-electron chi connectivity index (χ2n) is 10.6. The minimum Gasteiger partial charge on any atom is -0.0654 e. The molecule has 0 bridgehead atoms. The van der Waals surface area contributed by atoms with Gasteiger partial charge in [0.05, 0.1) is 21.6 Å². The molecule has 0 amide bonds. The van der Waals surface area contributed by atoms with Crippen LogP contribution in [-0.2, 0) is 0 Å². The van der Waals surface area contributed by atoms with Crippen LogP contribution in [0.2, 0.25) is 0 Å². The van der Waals surface area contributed by atoms with Gasteiger partial charge in [-0.2, -0.15) is 0 Å². The summed E-state index contributed by atoms with van der Waals surface area (Å²) < 4.78 is 0.289. The van der Waals surface area contributed by atoms with Crippen LogP contribution in [0.3, 0.4) is 0 Å². The SMILES string of the molecule is c1ccc(C2=NN=N[N+]2(c2ccccc2)c2ccccc2)cc1.c1ccc(C2=NN=N[N+]2(c2ccccc2)c2ccccc2)cc1. The fourth-order valence-corrected chi connectivity index (χ4v) is 5.69. The predicted molar refractivity (Wildman–Crippen MR) is 184 cm³/mol. The van der Waals surface area contributed by atoms with Crippen LogP contribution in [0.4, 0.5) is 22.7 Å². The number of benzene rings is 6. The molecule has 0 fully saturated rings. The Kier molecular flexibility index (Phi) is 7.94. The first kappa shape index (κ1) is 28.5. The minimum absolute atomic E-state index is 0.145. The normalized spacial score (nSPS) is 15.4. The van der Waals surface area contributed by atoms with Crippen molar-refractivity contribution in [2.24, 2.45) is 31.1 Å². The molecule has 2 aliphatic rings. The Morgan fingerprint density at radius 2 is 0.522 bits per heavy atom. The predicted octanol–water partition coefficient (Wildman–Crippen LogP) is 10.1. The third-order valence-corrected chi connectivity index (χ3v) is 7.82. The number of hydrogen-bond acceptors (Lipinski definition) is 6. The molecule has 0 aliphatic carbocycles. The average Bonchev–Trinajstić information content (AvgIpc) is 3.81. The zero-order valence-electron chi connectivity index (χ0n) is 24.9. The second-order valence-corrected chi connectivity index (χ2v) is 10.6. The van der Waals surface area contributed by atoms with Crippen LogP contribution < -0.4 is 9.18 Å². The maximum Gasteiger partial charge on any atom is 0.294 e. The van der Waals surface area contributed by atoms with E-state index in [2.05, 4.69) is 79.6 Å². The Balaban J connectivity index is 0.000000147. The van der Waals surface area contributed by atoms with Gasteiger partial charge >= 0.3 is 0 Å². The van der Waals surface area contributed by atoms with E-state index < -0.39 is 0 Å². The van der Waals surface area contributed by atoms with Crippen LogP contribution >= 0.6 is 0 Å². The molecule has 0 unspecified atom stereocenters. The van der Waals surface area contributed by atoms with Crippen molar-refractivity contribution in [2.45, 2.75) is 0 Å². The van der Waals surface area contributed by atoms with Crippen molar-refractivity contribution >= 4 is 34.4 Å². The van der Waals surface area contributed by atoms with E-state index in [4.69, 9.17) is 0 Å². The lowest BCUT2D eigenvalue weighted by Gasteiger charge is -2.26. The Morgan fingerprint density at radius 3 is 0.783 bits per heavy atom. The summed E-state index contributed by atoms with van der Waals surface area (Å²) in [6, 6.07) is 60.6. The summed E-state index contributed by atoms with van der Waals surface area (Å²) in [4.78, 5) is 0. The fraction of sp³-hybridized carbons (Fsp3) is 0. The molecule has 8 heteroatoms. The van der Waals surface area contributed by atoms with Gasteiger partial charge in [-0.3, -0.25) is 0 Å². The highest BCUT2D eigenvalue weighted by Gasteiger charge is 2.47. The van der Waals surface area contributed by atoms with Crippen molar-refractivity contribution in [3.63, 3.8) is 0 Å². The van der Waals surface area contributed by atoms with E-state index in [0.29, 0.717) is 0 Å². The van der Waals surface area contributed by atoms with E-state index in [0.717, 1.165) is 45.5 Å². The summed E-state index contributed by atoms with van der Waals surface area (Å²) in [6.45, 7) is 0. The van der Waals surface area contributed by atoms with Gasteiger partial charge in [-0.1, -0.05) is 129 Å². The van der Waals surface area contributed by atoms with E-state index in [1.165, 1.54) is 0 Å². The Bertz CT molecular complexity index is 1780. The third kappa shape index (κ3) is 5.13. The Morgan fingerprint density at radius 1 is 0.283 bits per heavy atom. The molecule has 8 rings (SSSR count). The third-order valence-electron chi connectivity index (χ3n) is 7.82. The molecule has 220 valence electrons. The van der Waals surface area contributed by atoms with Crippen molar-refractivity contribution in [1.82, 2.24) is 9.18 Å². The van der Waals surface area contributed by atoms with Gasteiger partial charge in [0, 0.05) is 59.0 Å². The van der Waals surface area contributed by atoms with E-state index >= 15 is 0 Å². The number of rotatable bonds is 6. The molecule has 0 radical (unpaired) electrons. The van der Waals surface area contributed by atoms with Gasteiger partial charge in [0.1, 0.15) is 0 Å². The number of amidine groups is 2. The standard InChI is InChI=1S/2C19H15N4/c2*1-4-10-16(11-5-1)19-20-21-22-23(19,17-12-6-2-7-13-17)18-14-8-3-9-15-18/h2*1-15H/q2*+1. The smallest absolute Gasteiger partial charge is 0.0654 e. The van der Waals surface area contributed by atoms with Crippen LogP contribution in [0.5, 0.6) is 0 Å². The topological polar surface area (TPSA) is 74.2 Å². The number of hydrogen-bond donors (Lipinski definition) is 0. The van der Waals surface area contributed by atoms with Crippen molar-refractivity contribution in [3.8, 4) is 0 Å². The zero-order valence-corrected chi connectivity index (χ0v) is 24.9. The lowest BCUT2D eigenvalue weighted by molar-refractivity contribution is 0.575. The van der Waals surface area contributed by atoms with Crippen LogP contribution in [0, 0.1) is 0 Å². The summed E-state index contributed by atoms with van der Waals surface area (Å²) in [6.07, 6.45) is 0. The molecule has 0 saturated carbocycles. The maximum atomic E-state index is 4.52. The zero-order chi connectivity index (χ0) is 31.1. The van der Waals surface area contributed by atoms with E-state index in [-0.39, 0.29) is 9.18 Å². The monoisotopic (exact) mass is 598 g/mol. The van der Waals surface area contributed by atoms with Gasteiger partial charge in [-0.25, -0.2) is 0 Å². The number of para-hydroxylation sites is 4. The van der Waals surface area contributed by atoms with Crippen LogP contribution in [0.15, 0.2) is 213 Å². The molecular formula is C38H30N8+2. The van der Waals surface area contributed by atoms with E-state index in [1.54, 1.807) is 0 Å². The Labute approximate surface area is 267 Å². The first-order valence-electron chi connectivity index (χ1n) is 15.0. The molecule has 2 aliphatic heterocycles. The maximum absolute atomic E-state index is 4.52. The van der Waals surface area contributed by atoms with E-state index in [9.17, 15) is 0 Å². The summed E-state index contributed by atoms with van der Waals surface area (Å²) in [5.74, 6) is 1.59. The quantitative estimate of drug-likeness (QED) is 0.171. The fourth-order valence-electron chi connectivity index (χ4n) is 5.69. The lowest BCUT2D eigenvalue weighted by Crippen LogP contribution is -2.43. The molecule has 0 aromatic heterocycles. The van der Waals surface area contributed by atoms with Gasteiger partial charge in [-0.15, -0.1) is 0 Å². The minimum atomic E-state index is 0.145. The van der Waals surface area contributed by atoms with Crippen molar-refractivity contribution in [3.05, 3.63) is 193 Å². The molecular weight excluding hydrogens is 568 g/mol. The molecule has 0 N–H and O–H groups in total. The molecule has 0 spiro atoms. The van der Waals surface area contributed by atoms with Gasteiger partial charge in [0.15, 0.2) is 22.7 Å². The highest BCUT2D eigenvalue weighted by Crippen LogP contribution is 2.41. The molecule has 2 heterocycles. The summed E-state index contributed by atoms with van der Waals surface area (Å²) in [7, 11) is 0. The highest BCUT2D eigenvalue weighted by atomic mass is 15.8. The van der Waals surface area contributed by atoms with Crippen LogP contribution in [0.1, 0.15) is 11.1 Å². The van der Waals surface area contributed by atoms with Crippen molar-refractivity contribution in [2.75, 3.05) is 0 Å². The van der Waals surface area contributed by atoms with Gasteiger partial charge in [-0.05, 0) is 24.3 Å². The molecule has 0 saturated heterocycles. The molecule has 8 nitrogen and oxygen atoms in total. The van der Waals surface area contributed by atoms with Crippen LogP contribution in [0.25, 0.3) is 0 Å². The number of nitrogens with zero attached hydrogens (tertiary/aromatic N) is 8. The Hall–Kier alpha value is -6.22. The van der Waals surface area contributed by atoms with Crippen LogP contribution in [-0.4, -0.2) is 11.7 Å². The first-order chi connectivity index (χ1) is 22.8. The molecule has 6 aromatic rings. The van der Waals surface area contributed by atoms with Gasteiger partial charge in [0.2, 0.25) is 0 Å². The average molecular weight is 599 g/mol. The van der Waals surface area contributed by atoms with Crippen molar-refractivity contribution in [1.29, 1.82) is 0 Å². The van der Waals surface area contributed by atoms with Crippen molar-refractivity contribution < 1.29 is 0 Å². The molecule has 0 atom stereocenters. The number of quaternary nitrogens is 2. The summed E-state index contributed by atoms with van der Waals surface area (Å²) >= 11 is 0. The largest absolute Gasteiger partial charge is 0.294 e. The molecule has 6 aromatic carbocycles. The summed E-state index contributed by atoms with van der Waals surface area (Å²) in [5.41, 5.74) is 6.02. The van der Waals surface area contributed by atoms with Gasteiger partial charge in [0.25, 0.3) is 11.7 Å². The highest BCUT2D eigenvalue weighted by molar-refractivity contribution is 6.10. The molecule has 46 heavy (non-hydrogen) atoms. The lowest BCUT2D eigenvalue weighted by atomic mass is 10.1. The first-order valence-corrected chi connectivity index (χ1v) is 15.0. The van der Waals surface area contributed by atoms with E-state index in [1.807, 2.05) is 133 Å². The summed E-state index contributed by atoms with van der Waals surface area (Å²) in [5, 5.41) is 25.8. The second kappa shape index (κ2) is 12.8.